The zero-order valence-electron chi connectivity index (χ0n) is 22.0. The second-order valence-electron chi connectivity index (χ2n) is 9.03. The monoisotopic (exact) mass is 522 g/mol. The van der Waals surface area contributed by atoms with Crippen molar-refractivity contribution in [1.29, 1.82) is 5.41 Å². The Balaban J connectivity index is 1.48. The van der Waals surface area contributed by atoms with Gasteiger partial charge in [0.15, 0.2) is 0 Å². The standard InChI is InChI=1S/C29H30N8O2/c1-31-26-25(17-30)27(33-22-12-8-21(9-13-22)28(39)37(2)3)36-29(35-26)34-23-10-6-19(7-11-23)15-24(38)16-20-5-4-14-32-18-20/h4-14,17-18,30H,15-16H2,1-3H3,(H3,31,33,34,35,36). The molecule has 0 aliphatic rings. The van der Waals surface area contributed by atoms with Gasteiger partial charge in [-0.25, -0.2) is 0 Å². The summed E-state index contributed by atoms with van der Waals surface area (Å²) in [5.41, 5.74) is 4.32. The minimum atomic E-state index is -0.0865. The average Bonchev–Trinajstić information content (AvgIpc) is 2.94. The van der Waals surface area contributed by atoms with Gasteiger partial charge in [-0.1, -0.05) is 18.2 Å². The molecule has 198 valence electrons. The first-order valence-corrected chi connectivity index (χ1v) is 12.3. The van der Waals surface area contributed by atoms with E-state index in [-0.39, 0.29) is 11.7 Å². The minimum absolute atomic E-state index is 0.0865. The molecule has 2 heterocycles. The van der Waals surface area contributed by atoms with Gasteiger partial charge in [0.05, 0.1) is 5.56 Å². The van der Waals surface area contributed by atoms with Crippen LogP contribution in [0.25, 0.3) is 0 Å². The molecule has 1 amide bonds. The van der Waals surface area contributed by atoms with Crippen molar-refractivity contribution < 1.29 is 9.59 Å². The van der Waals surface area contributed by atoms with Gasteiger partial charge in [-0.15, -0.1) is 0 Å². The number of ketones is 1. The van der Waals surface area contributed by atoms with Gasteiger partial charge in [0.1, 0.15) is 17.4 Å². The van der Waals surface area contributed by atoms with E-state index in [0.29, 0.717) is 47.2 Å². The Morgan fingerprint density at radius 3 is 2.13 bits per heavy atom. The number of hydrogen-bond acceptors (Lipinski definition) is 9. The summed E-state index contributed by atoms with van der Waals surface area (Å²) in [6.45, 7) is 0. The van der Waals surface area contributed by atoms with Crippen LogP contribution in [0.1, 0.15) is 27.0 Å². The Kier molecular flexibility index (Phi) is 8.57. The number of nitrogens with one attached hydrogen (secondary N) is 4. The normalized spacial score (nSPS) is 10.4. The third-order valence-corrected chi connectivity index (χ3v) is 5.86. The van der Waals surface area contributed by atoms with E-state index >= 15 is 0 Å². The van der Waals surface area contributed by atoms with Crippen molar-refractivity contribution in [3.05, 3.63) is 95.3 Å². The van der Waals surface area contributed by atoms with E-state index in [2.05, 4.69) is 30.9 Å². The van der Waals surface area contributed by atoms with Crippen molar-refractivity contribution in [3.8, 4) is 0 Å². The molecular formula is C29H30N8O2. The van der Waals surface area contributed by atoms with Crippen LogP contribution < -0.4 is 16.0 Å². The molecule has 0 bridgehead atoms. The minimum Gasteiger partial charge on any atom is -0.372 e. The van der Waals surface area contributed by atoms with E-state index < -0.39 is 0 Å². The molecule has 0 fully saturated rings. The van der Waals surface area contributed by atoms with Gasteiger partial charge in [0.2, 0.25) is 5.95 Å². The van der Waals surface area contributed by atoms with Crippen LogP contribution in [-0.4, -0.2) is 58.9 Å². The van der Waals surface area contributed by atoms with Crippen LogP contribution in [-0.2, 0) is 17.6 Å². The number of aromatic nitrogens is 3. The highest BCUT2D eigenvalue weighted by atomic mass is 16.2. The first-order chi connectivity index (χ1) is 18.9. The fourth-order valence-corrected chi connectivity index (χ4v) is 3.89. The lowest BCUT2D eigenvalue weighted by atomic mass is 10.0. The summed E-state index contributed by atoms with van der Waals surface area (Å²) in [7, 11) is 5.13. The van der Waals surface area contributed by atoms with Crippen LogP contribution in [0.15, 0.2) is 73.1 Å². The Morgan fingerprint density at radius 2 is 1.51 bits per heavy atom. The van der Waals surface area contributed by atoms with E-state index in [9.17, 15) is 9.59 Å². The van der Waals surface area contributed by atoms with Crippen molar-refractivity contribution >= 4 is 46.9 Å². The highest BCUT2D eigenvalue weighted by molar-refractivity contribution is 5.95. The number of amides is 1. The quantitative estimate of drug-likeness (QED) is 0.212. The fourth-order valence-electron chi connectivity index (χ4n) is 3.89. The van der Waals surface area contributed by atoms with Gasteiger partial charge in [-0.05, 0) is 53.6 Å². The molecule has 10 nitrogen and oxygen atoms in total. The number of Topliss-reactive ketones (excluding diaryl/α,β-unsaturated/α-hetero) is 1. The van der Waals surface area contributed by atoms with Crippen molar-refractivity contribution in [2.75, 3.05) is 37.1 Å². The lowest BCUT2D eigenvalue weighted by Crippen LogP contribution is -2.21. The summed E-state index contributed by atoms with van der Waals surface area (Å²) in [6.07, 6.45) is 5.25. The topological polar surface area (TPSA) is 136 Å². The predicted octanol–water partition coefficient (Wildman–Crippen LogP) is 4.45. The zero-order valence-corrected chi connectivity index (χ0v) is 22.0. The number of rotatable bonds is 11. The van der Waals surface area contributed by atoms with Crippen LogP contribution in [0.3, 0.4) is 0 Å². The molecule has 0 aliphatic heterocycles. The molecule has 0 spiro atoms. The molecule has 2 aromatic carbocycles. The molecule has 39 heavy (non-hydrogen) atoms. The SMILES string of the molecule is CNc1nc(Nc2ccc(CC(=O)Cc3cccnc3)cc2)nc(Nc2ccc(C(=O)N(C)C)cc2)c1C=N. The number of pyridine rings is 1. The molecule has 0 unspecified atom stereocenters. The first kappa shape index (κ1) is 26.9. The van der Waals surface area contributed by atoms with E-state index in [4.69, 9.17) is 5.41 Å². The van der Waals surface area contributed by atoms with Crippen molar-refractivity contribution in [1.82, 2.24) is 19.9 Å². The second-order valence-corrected chi connectivity index (χ2v) is 9.03. The van der Waals surface area contributed by atoms with Crippen LogP contribution in [0, 0.1) is 5.41 Å². The van der Waals surface area contributed by atoms with E-state index in [1.807, 2.05) is 36.4 Å². The lowest BCUT2D eigenvalue weighted by molar-refractivity contribution is -0.117. The van der Waals surface area contributed by atoms with Gasteiger partial charge in [-0.2, -0.15) is 9.97 Å². The maximum Gasteiger partial charge on any atom is 0.253 e. The Hall–Kier alpha value is -5.12. The van der Waals surface area contributed by atoms with Gasteiger partial charge in [0.25, 0.3) is 5.91 Å². The molecule has 2 aromatic heterocycles. The molecule has 0 radical (unpaired) electrons. The van der Waals surface area contributed by atoms with Crippen LogP contribution in [0.2, 0.25) is 0 Å². The lowest BCUT2D eigenvalue weighted by Gasteiger charge is -2.15. The van der Waals surface area contributed by atoms with Crippen LogP contribution >= 0.6 is 0 Å². The molecule has 0 saturated carbocycles. The maximum atomic E-state index is 12.4. The molecule has 0 saturated heterocycles. The number of carbonyl (C=O) groups is 2. The molecular weight excluding hydrogens is 492 g/mol. The van der Waals surface area contributed by atoms with Crippen LogP contribution in [0.5, 0.6) is 0 Å². The fraction of sp³-hybridized carbons (Fsp3) is 0.172. The third-order valence-electron chi connectivity index (χ3n) is 5.86. The summed E-state index contributed by atoms with van der Waals surface area (Å²) in [6, 6.07) is 18.3. The number of nitrogens with zero attached hydrogens (tertiary/aromatic N) is 4. The van der Waals surface area contributed by atoms with Crippen molar-refractivity contribution in [2.24, 2.45) is 0 Å². The molecule has 0 aliphatic carbocycles. The maximum absolute atomic E-state index is 12.4. The van der Waals surface area contributed by atoms with Crippen molar-refractivity contribution in [2.45, 2.75) is 12.8 Å². The average molecular weight is 523 g/mol. The number of benzene rings is 2. The molecule has 0 atom stereocenters. The molecule has 4 rings (SSSR count). The van der Waals surface area contributed by atoms with Gasteiger partial charge < -0.3 is 26.3 Å². The summed E-state index contributed by atoms with van der Waals surface area (Å²) in [5.74, 6) is 1.25. The summed E-state index contributed by atoms with van der Waals surface area (Å²) >= 11 is 0. The molecule has 10 heteroatoms. The van der Waals surface area contributed by atoms with Gasteiger partial charge in [0, 0.05) is 69.5 Å². The second kappa shape index (κ2) is 12.4. The van der Waals surface area contributed by atoms with E-state index in [0.717, 1.165) is 16.8 Å². The largest absolute Gasteiger partial charge is 0.372 e. The highest BCUT2D eigenvalue weighted by Crippen LogP contribution is 2.26. The number of hydrogen-bond donors (Lipinski definition) is 4. The Bertz CT molecular complexity index is 1450. The molecule has 4 N–H and O–H groups in total. The zero-order chi connectivity index (χ0) is 27.8. The first-order valence-electron chi connectivity index (χ1n) is 12.3. The number of carbonyl (C=O) groups excluding carboxylic acids is 2. The Labute approximate surface area is 227 Å². The summed E-state index contributed by atoms with van der Waals surface area (Å²) < 4.78 is 0. The van der Waals surface area contributed by atoms with Crippen molar-refractivity contribution in [3.63, 3.8) is 0 Å². The van der Waals surface area contributed by atoms with E-state index in [1.54, 1.807) is 57.8 Å². The molecule has 4 aromatic rings. The van der Waals surface area contributed by atoms with E-state index in [1.165, 1.54) is 11.1 Å². The predicted molar refractivity (Wildman–Crippen MR) is 154 cm³/mol. The summed E-state index contributed by atoms with van der Waals surface area (Å²) in [5, 5.41) is 17.3. The van der Waals surface area contributed by atoms with Crippen LogP contribution in [0.4, 0.5) is 29.0 Å². The van der Waals surface area contributed by atoms with Gasteiger partial charge in [-0.3, -0.25) is 14.6 Å². The Morgan fingerprint density at radius 1 is 0.872 bits per heavy atom. The number of anilines is 5. The smallest absolute Gasteiger partial charge is 0.253 e. The summed E-state index contributed by atoms with van der Waals surface area (Å²) in [4.78, 5) is 39.3. The highest BCUT2D eigenvalue weighted by Gasteiger charge is 2.14. The third kappa shape index (κ3) is 7.01. The van der Waals surface area contributed by atoms with Gasteiger partial charge >= 0.3 is 0 Å².